The third-order valence-electron chi connectivity index (χ3n) is 2.59. The summed E-state index contributed by atoms with van der Waals surface area (Å²) in [4.78, 5) is 0. The minimum atomic E-state index is -4.35. The summed E-state index contributed by atoms with van der Waals surface area (Å²) in [5.41, 5.74) is -0.319. The molecule has 0 amide bonds. The maximum absolute atomic E-state index is 13.7. The number of nitrogens with one attached hydrogen (secondary N) is 1. The molecule has 0 aliphatic rings. The molecule has 19 heavy (non-hydrogen) atoms. The van der Waals surface area contributed by atoms with Crippen LogP contribution in [0.5, 0.6) is 0 Å². The van der Waals surface area contributed by atoms with Crippen molar-refractivity contribution in [2.75, 3.05) is 6.54 Å². The van der Waals surface area contributed by atoms with Gasteiger partial charge in [-0.3, -0.25) is 0 Å². The lowest BCUT2D eigenvalue weighted by Gasteiger charge is -2.22. The third kappa shape index (κ3) is 6.05. The van der Waals surface area contributed by atoms with Gasteiger partial charge in [-0.1, -0.05) is 12.1 Å². The van der Waals surface area contributed by atoms with E-state index in [1.54, 1.807) is 0 Å². The summed E-state index contributed by atoms with van der Waals surface area (Å²) in [6, 6.07) is 4.62. The Morgan fingerprint density at radius 3 is 2.00 bits per heavy atom. The molecule has 0 aliphatic carbocycles. The minimum absolute atomic E-state index is 0.112. The van der Waals surface area contributed by atoms with Crippen molar-refractivity contribution >= 4 is 0 Å². The van der Waals surface area contributed by atoms with Gasteiger partial charge in [-0.25, -0.2) is 4.39 Å². The number of hydrogen-bond donors (Lipinski definition) is 1. The second-order valence-electron chi connectivity index (χ2n) is 5.63. The Kier molecular flexibility index (Phi) is 4.96. The summed E-state index contributed by atoms with van der Waals surface area (Å²) in [5, 5.41) is 3.02. The van der Waals surface area contributed by atoms with Gasteiger partial charge in [-0.15, -0.1) is 0 Å². The summed E-state index contributed by atoms with van der Waals surface area (Å²) < 4.78 is 50.7. The fourth-order valence-corrected chi connectivity index (χ4v) is 1.57. The molecule has 1 aromatic carbocycles. The van der Waals surface area contributed by atoms with Crippen LogP contribution in [0.4, 0.5) is 17.6 Å². The monoisotopic (exact) mass is 277 g/mol. The average Bonchev–Trinajstić information content (AvgIpc) is 2.25. The molecule has 0 spiro atoms. The van der Waals surface area contributed by atoms with E-state index < -0.39 is 17.9 Å². The van der Waals surface area contributed by atoms with Crippen molar-refractivity contribution in [2.24, 2.45) is 0 Å². The first-order valence-corrected chi connectivity index (χ1v) is 6.13. The second-order valence-corrected chi connectivity index (χ2v) is 5.63. The molecule has 0 bridgehead atoms. The molecule has 108 valence electrons. The highest BCUT2D eigenvalue weighted by molar-refractivity contribution is 5.25. The Morgan fingerprint density at radius 1 is 1.05 bits per heavy atom. The van der Waals surface area contributed by atoms with E-state index in [4.69, 9.17) is 0 Å². The van der Waals surface area contributed by atoms with Crippen molar-refractivity contribution in [1.29, 1.82) is 0 Å². The normalized spacial score (nSPS) is 14.5. The first-order valence-electron chi connectivity index (χ1n) is 6.13. The van der Waals surface area contributed by atoms with Gasteiger partial charge >= 0.3 is 6.18 Å². The molecule has 1 nitrogen and oxygen atoms in total. The number of benzene rings is 1. The standard InChI is InChI=1S/C14H19F4N/c1-13(2,3)19-9-12(15)8-10-4-6-11(7-5-10)14(16,17)18/h4-7,12,19H,8-9H2,1-3H3. The largest absolute Gasteiger partial charge is 0.416 e. The molecule has 1 atom stereocenters. The van der Waals surface area contributed by atoms with Gasteiger partial charge < -0.3 is 5.32 Å². The van der Waals surface area contributed by atoms with E-state index in [0.29, 0.717) is 5.56 Å². The molecule has 1 unspecified atom stereocenters. The van der Waals surface area contributed by atoms with E-state index >= 15 is 0 Å². The summed E-state index contributed by atoms with van der Waals surface area (Å²) >= 11 is 0. The highest BCUT2D eigenvalue weighted by Crippen LogP contribution is 2.29. The first kappa shape index (κ1) is 16.0. The summed E-state index contributed by atoms with van der Waals surface area (Å²) in [7, 11) is 0. The zero-order valence-corrected chi connectivity index (χ0v) is 11.3. The van der Waals surface area contributed by atoms with Crippen molar-refractivity contribution in [3.05, 3.63) is 35.4 Å². The van der Waals surface area contributed by atoms with Crippen LogP contribution < -0.4 is 5.32 Å². The van der Waals surface area contributed by atoms with Crippen molar-refractivity contribution in [1.82, 2.24) is 5.32 Å². The third-order valence-corrected chi connectivity index (χ3v) is 2.59. The summed E-state index contributed by atoms with van der Waals surface area (Å²) in [6.07, 6.45) is -5.35. The molecular formula is C14H19F4N. The van der Waals surface area contributed by atoms with Crippen molar-refractivity contribution in [3.63, 3.8) is 0 Å². The molecule has 0 fully saturated rings. The van der Waals surface area contributed by atoms with Crippen LogP contribution in [0.25, 0.3) is 0 Å². The molecule has 1 aromatic rings. The average molecular weight is 277 g/mol. The van der Waals surface area contributed by atoms with Crippen LogP contribution in [-0.4, -0.2) is 18.3 Å². The van der Waals surface area contributed by atoms with Crippen LogP contribution in [0.1, 0.15) is 31.9 Å². The predicted octanol–water partition coefficient (Wildman–Crippen LogP) is 3.97. The molecule has 0 saturated carbocycles. The highest BCUT2D eigenvalue weighted by atomic mass is 19.4. The van der Waals surface area contributed by atoms with Gasteiger partial charge in [0.05, 0.1) is 5.56 Å². The topological polar surface area (TPSA) is 12.0 Å². The maximum Gasteiger partial charge on any atom is 0.416 e. The van der Waals surface area contributed by atoms with Gasteiger partial charge in [0, 0.05) is 18.5 Å². The van der Waals surface area contributed by atoms with Crippen LogP contribution in [0.3, 0.4) is 0 Å². The van der Waals surface area contributed by atoms with Gasteiger partial charge in [0.15, 0.2) is 0 Å². The van der Waals surface area contributed by atoms with E-state index in [2.05, 4.69) is 5.32 Å². The second kappa shape index (κ2) is 5.90. The zero-order valence-electron chi connectivity index (χ0n) is 11.3. The highest BCUT2D eigenvalue weighted by Gasteiger charge is 2.30. The molecular weight excluding hydrogens is 258 g/mol. The lowest BCUT2D eigenvalue weighted by molar-refractivity contribution is -0.137. The van der Waals surface area contributed by atoms with E-state index in [1.165, 1.54) is 12.1 Å². The molecule has 1 N–H and O–H groups in total. The maximum atomic E-state index is 13.7. The lowest BCUT2D eigenvalue weighted by atomic mass is 10.0. The molecule has 0 radical (unpaired) electrons. The first-order chi connectivity index (χ1) is 8.58. The predicted molar refractivity (Wildman–Crippen MR) is 67.8 cm³/mol. The molecule has 0 aromatic heterocycles. The van der Waals surface area contributed by atoms with Gasteiger partial charge in [0.25, 0.3) is 0 Å². The number of rotatable bonds is 4. The van der Waals surface area contributed by atoms with E-state index in [0.717, 1.165) is 12.1 Å². The Balaban J connectivity index is 2.54. The number of hydrogen-bond acceptors (Lipinski definition) is 1. The lowest BCUT2D eigenvalue weighted by Crippen LogP contribution is -2.40. The van der Waals surface area contributed by atoms with Crippen LogP contribution in [0, 0.1) is 0 Å². The van der Waals surface area contributed by atoms with E-state index in [1.807, 2.05) is 20.8 Å². The summed E-state index contributed by atoms with van der Waals surface area (Å²) in [5.74, 6) is 0. The van der Waals surface area contributed by atoms with Gasteiger partial charge in [0.2, 0.25) is 0 Å². The van der Waals surface area contributed by atoms with Crippen molar-refractivity contribution < 1.29 is 17.6 Å². The number of alkyl halides is 4. The van der Waals surface area contributed by atoms with Gasteiger partial charge in [-0.2, -0.15) is 13.2 Å². The van der Waals surface area contributed by atoms with Crippen LogP contribution in [0.15, 0.2) is 24.3 Å². The fraction of sp³-hybridized carbons (Fsp3) is 0.571. The fourth-order valence-electron chi connectivity index (χ4n) is 1.57. The van der Waals surface area contributed by atoms with Crippen molar-refractivity contribution in [2.45, 2.75) is 45.1 Å². The Labute approximate surface area is 111 Å². The Morgan fingerprint density at radius 2 is 1.58 bits per heavy atom. The minimum Gasteiger partial charge on any atom is -0.309 e. The van der Waals surface area contributed by atoms with Gasteiger partial charge in [-0.05, 0) is 38.5 Å². The molecule has 0 saturated heterocycles. The SMILES string of the molecule is CC(C)(C)NCC(F)Cc1ccc(C(F)(F)F)cc1. The van der Waals surface area contributed by atoms with E-state index in [9.17, 15) is 17.6 Å². The van der Waals surface area contributed by atoms with Crippen molar-refractivity contribution in [3.8, 4) is 0 Å². The molecule has 0 heterocycles. The quantitative estimate of drug-likeness (QED) is 0.821. The van der Waals surface area contributed by atoms with Gasteiger partial charge in [0.1, 0.15) is 6.17 Å². The van der Waals surface area contributed by atoms with E-state index in [-0.39, 0.29) is 18.5 Å². The van der Waals surface area contributed by atoms with Crippen LogP contribution in [0.2, 0.25) is 0 Å². The molecule has 1 rings (SSSR count). The summed E-state index contributed by atoms with van der Waals surface area (Å²) in [6.45, 7) is 5.97. The Bertz CT molecular complexity index is 389. The zero-order chi connectivity index (χ0) is 14.7. The molecule has 0 aliphatic heterocycles. The number of halogens is 4. The smallest absolute Gasteiger partial charge is 0.309 e. The van der Waals surface area contributed by atoms with Crippen LogP contribution >= 0.6 is 0 Å². The molecule has 5 heteroatoms. The van der Waals surface area contributed by atoms with Crippen LogP contribution in [-0.2, 0) is 12.6 Å². The Hall–Kier alpha value is -1.10.